The summed E-state index contributed by atoms with van der Waals surface area (Å²) in [5.41, 5.74) is 0.527. The monoisotopic (exact) mass is 307 g/mol. The molecule has 0 heterocycles. The normalized spacial score (nSPS) is 13.5. The second-order valence-electron chi connectivity index (χ2n) is 4.51. The molecule has 1 aromatic rings. The van der Waals surface area contributed by atoms with Crippen LogP contribution in [-0.4, -0.2) is 20.8 Å². The van der Waals surface area contributed by atoms with Gasteiger partial charge >= 0.3 is 0 Å². The number of aryl methyl sites for hydroxylation is 1. The fourth-order valence-electron chi connectivity index (χ4n) is 1.77. The van der Waals surface area contributed by atoms with Crippen molar-refractivity contribution >= 4 is 21.6 Å². The lowest BCUT2D eigenvalue weighted by molar-refractivity contribution is 0.480. The van der Waals surface area contributed by atoms with Crippen molar-refractivity contribution in [3.63, 3.8) is 0 Å². The second kappa shape index (κ2) is 7.22. The van der Waals surface area contributed by atoms with Gasteiger partial charge in [-0.05, 0) is 37.0 Å². The molecule has 0 aliphatic carbocycles. The lowest BCUT2D eigenvalue weighted by atomic mass is 10.0. The first-order valence-corrected chi connectivity index (χ1v) is 8.24. The minimum atomic E-state index is -3.67. The van der Waals surface area contributed by atoms with Crippen LogP contribution in [0.15, 0.2) is 23.1 Å². The van der Waals surface area contributed by atoms with Crippen LogP contribution < -0.4 is 4.72 Å². The quantitative estimate of drug-likeness (QED) is 0.787. The van der Waals surface area contributed by atoms with Crippen molar-refractivity contribution in [3.05, 3.63) is 29.6 Å². The van der Waals surface area contributed by atoms with Gasteiger partial charge in [-0.15, -0.1) is 11.6 Å². The van der Waals surface area contributed by atoms with Crippen LogP contribution in [0.1, 0.15) is 25.3 Å². The highest BCUT2D eigenvalue weighted by Crippen LogP contribution is 2.17. The van der Waals surface area contributed by atoms with Gasteiger partial charge in [0.2, 0.25) is 10.0 Å². The number of nitrogens with one attached hydrogen (secondary N) is 1. The average molecular weight is 308 g/mol. The predicted octanol–water partition coefficient (Wildman–Crippen LogP) is 3.07. The summed E-state index contributed by atoms with van der Waals surface area (Å²) in [6.45, 7) is 3.95. The molecule has 1 atom stereocenters. The average Bonchev–Trinajstić information content (AvgIpc) is 2.37. The molecule has 0 amide bonds. The molecule has 6 heteroatoms. The molecule has 0 aromatic heterocycles. The topological polar surface area (TPSA) is 46.2 Å². The first kappa shape index (κ1) is 16.4. The zero-order valence-corrected chi connectivity index (χ0v) is 12.7. The third-order valence-corrected chi connectivity index (χ3v) is 4.88. The molecule has 0 spiro atoms. The van der Waals surface area contributed by atoms with Gasteiger partial charge in [0.05, 0.1) is 4.90 Å². The van der Waals surface area contributed by atoms with E-state index in [0.717, 1.165) is 18.9 Å². The minimum absolute atomic E-state index is 0.00627. The van der Waals surface area contributed by atoms with Gasteiger partial charge in [0.1, 0.15) is 5.82 Å². The largest absolute Gasteiger partial charge is 0.240 e. The third-order valence-electron chi connectivity index (χ3n) is 3.10. The Morgan fingerprint density at radius 1 is 1.42 bits per heavy atom. The Bertz CT molecular complexity index is 519. The molecule has 1 N–H and O–H groups in total. The maximum Gasteiger partial charge on any atom is 0.240 e. The van der Waals surface area contributed by atoms with Crippen LogP contribution in [0.2, 0.25) is 0 Å². The molecule has 0 bridgehead atoms. The molecule has 1 unspecified atom stereocenters. The summed E-state index contributed by atoms with van der Waals surface area (Å²) in [7, 11) is -3.67. The summed E-state index contributed by atoms with van der Waals surface area (Å²) in [5.74, 6) is 0.138. The lowest BCUT2D eigenvalue weighted by Gasteiger charge is -2.15. The SMILES string of the molecule is CCC(CCCl)CNS(=O)(=O)c1cc(F)ccc1C. The maximum absolute atomic E-state index is 13.2. The molecule has 1 rings (SSSR count). The molecule has 0 saturated heterocycles. The molecule has 0 aliphatic heterocycles. The summed E-state index contributed by atoms with van der Waals surface area (Å²) in [4.78, 5) is -0.00627. The molecule has 108 valence electrons. The van der Waals surface area contributed by atoms with Gasteiger partial charge in [-0.1, -0.05) is 19.4 Å². The van der Waals surface area contributed by atoms with E-state index >= 15 is 0 Å². The maximum atomic E-state index is 13.2. The fourth-order valence-corrected chi connectivity index (χ4v) is 3.45. The van der Waals surface area contributed by atoms with Crippen LogP contribution in [-0.2, 0) is 10.0 Å². The minimum Gasteiger partial charge on any atom is -0.211 e. The highest BCUT2D eigenvalue weighted by Gasteiger charge is 2.18. The van der Waals surface area contributed by atoms with E-state index in [4.69, 9.17) is 11.6 Å². The molecule has 0 saturated carbocycles. The van der Waals surface area contributed by atoms with E-state index < -0.39 is 15.8 Å². The number of hydrogen-bond donors (Lipinski definition) is 1. The first-order chi connectivity index (χ1) is 8.90. The Morgan fingerprint density at radius 3 is 2.68 bits per heavy atom. The number of rotatable bonds is 7. The number of sulfonamides is 1. The predicted molar refractivity (Wildman–Crippen MR) is 75.4 cm³/mol. The molecule has 1 aromatic carbocycles. The van der Waals surface area contributed by atoms with Crippen molar-refractivity contribution in [2.75, 3.05) is 12.4 Å². The highest BCUT2D eigenvalue weighted by atomic mass is 35.5. The molecule has 0 radical (unpaired) electrons. The zero-order valence-electron chi connectivity index (χ0n) is 11.1. The standard InChI is InChI=1S/C13H19ClFNO2S/c1-3-11(6-7-14)9-16-19(17,18)13-8-12(15)5-4-10(13)2/h4-5,8,11,16H,3,6-7,9H2,1-2H3. The zero-order chi connectivity index (χ0) is 14.5. The second-order valence-corrected chi connectivity index (χ2v) is 6.63. The van der Waals surface area contributed by atoms with Crippen molar-refractivity contribution in [2.24, 2.45) is 5.92 Å². The highest BCUT2D eigenvalue weighted by molar-refractivity contribution is 7.89. The Balaban J connectivity index is 2.83. The van der Waals surface area contributed by atoms with Gasteiger partial charge < -0.3 is 0 Å². The summed E-state index contributed by atoms with van der Waals surface area (Å²) in [6, 6.07) is 3.75. The molecule has 19 heavy (non-hydrogen) atoms. The van der Waals surface area contributed by atoms with Crippen molar-refractivity contribution in [3.8, 4) is 0 Å². The van der Waals surface area contributed by atoms with Gasteiger partial charge in [0.15, 0.2) is 0 Å². The fraction of sp³-hybridized carbons (Fsp3) is 0.538. The summed E-state index contributed by atoms with van der Waals surface area (Å²) in [6.07, 6.45) is 1.60. The Kier molecular flexibility index (Phi) is 6.23. The van der Waals surface area contributed by atoms with E-state index in [2.05, 4.69) is 4.72 Å². The third kappa shape index (κ3) is 4.75. The summed E-state index contributed by atoms with van der Waals surface area (Å²) >= 11 is 5.66. The van der Waals surface area contributed by atoms with Crippen LogP contribution in [0.4, 0.5) is 4.39 Å². The van der Waals surface area contributed by atoms with E-state index in [1.165, 1.54) is 12.1 Å². The lowest BCUT2D eigenvalue weighted by Crippen LogP contribution is -2.30. The molecular formula is C13H19ClFNO2S. The number of hydrogen-bond acceptors (Lipinski definition) is 2. The van der Waals surface area contributed by atoms with E-state index in [0.29, 0.717) is 18.0 Å². The molecule has 0 fully saturated rings. The van der Waals surface area contributed by atoms with Crippen molar-refractivity contribution in [1.82, 2.24) is 4.72 Å². The first-order valence-electron chi connectivity index (χ1n) is 6.22. The van der Waals surface area contributed by atoms with E-state index in [-0.39, 0.29) is 10.8 Å². The van der Waals surface area contributed by atoms with E-state index in [1.807, 2.05) is 6.92 Å². The molecule has 0 aliphatic rings. The van der Waals surface area contributed by atoms with Crippen molar-refractivity contribution in [1.29, 1.82) is 0 Å². The Labute approximate surface area is 119 Å². The van der Waals surface area contributed by atoms with Crippen LogP contribution in [0.5, 0.6) is 0 Å². The smallest absolute Gasteiger partial charge is 0.211 e. The molecule has 3 nitrogen and oxygen atoms in total. The van der Waals surface area contributed by atoms with E-state index in [9.17, 15) is 12.8 Å². The Hall–Kier alpha value is -0.650. The van der Waals surface area contributed by atoms with Gasteiger partial charge in [0.25, 0.3) is 0 Å². The van der Waals surface area contributed by atoms with Gasteiger partial charge in [-0.2, -0.15) is 0 Å². The number of alkyl halides is 1. The van der Waals surface area contributed by atoms with Crippen LogP contribution in [0, 0.1) is 18.7 Å². The van der Waals surface area contributed by atoms with Crippen LogP contribution in [0.25, 0.3) is 0 Å². The summed E-state index contributed by atoms with van der Waals surface area (Å²) in [5, 5.41) is 0. The van der Waals surface area contributed by atoms with Gasteiger partial charge in [-0.25, -0.2) is 17.5 Å². The van der Waals surface area contributed by atoms with Gasteiger partial charge in [0, 0.05) is 12.4 Å². The number of benzene rings is 1. The van der Waals surface area contributed by atoms with E-state index in [1.54, 1.807) is 6.92 Å². The van der Waals surface area contributed by atoms with Crippen molar-refractivity contribution in [2.45, 2.75) is 31.6 Å². The van der Waals surface area contributed by atoms with Crippen LogP contribution >= 0.6 is 11.6 Å². The summed E-state index contributed by atoms with van der Waals surface area (Å²) < 4.78 is 39.9. The van der Waals surface area contributed by atoms with Gasteiger partial charge in [-0.3, -0.25) is 0 Å². The molecular weight excluding hydrogens is 289 g/mol. The number of halogens is 2. The van der Waals surface area contributed by atoms with Crippen molar-refractivity contribution < 1.29 is 12.8 Å². The van der Waals surface area contributed by atoms with Crippen LogP contribution in [0.3, 0.4) is 0 Å². The Morgan fingerprint density at radius 2 is 2.11 bits per heavy atom.